The van der Waals surface area contributed by atoms with E-state index < -0.39 is 0 Å². The molecule has 2 rings (SSSR count). The van der Waals surface area contributed by atoms with Gasteiger partial charge < -0.3 is 5.73 Å². The average molecular weight is 190 g/mol. The van der Waals surface area contributed by atoms with Crippen molar-refractivity contribution in [1.29, 1.82) is 0 Å². The zero-order valence-corrected chi connectivity index (χ0v) is 8.86. The highest BCUT2D eigenvalue weighted by Gasteiger charge is 2.51. The number of hydrogen-bond acceptors (Lipinski definition) is 1. The normalized spacial score (nSPS) is 45.0. The first-order chi connectivity index (χ1) is 5.11. The van der Waals surface area contributed by atoms with Crippen LogP contribution in [0.25, 0.3) is 0 Å². The fourth-order valence-corrected chi connectivity index (χ4v) is 2.91. The third-order valence-electron chi connectivity index (χ3n) is 3.72. The third-order valence-corrected chi connectivity index (χ3v) is 3.72. The van der Waals surface area contributed by atoms with Gasteiger partial charge in [0.15, 0.2) is 0 Å². The number of halogens is 1. The van der Waals surface area contributed by atoms with Crippen LogP contribution in [0.15, 0.2) is 0 Å². The summed E-state index contributed by atoms with van der Waals surface area (Å²) in [5.41, 5.74) is 6.53. The Bertz CT molecular complexity index is 153. The van der Waals surface area contributed by atoms with Gasteiger partial charge in [-0.3, -0.25) is 0 Å². The Balaban J connectivity index is 0.000000720. The molecule has 0 bridgehead atoms. The van der Waals surface area contributed by atoms with Crippen LogP contribution in [-0.4, -0.2) is 6.04 Å². The van der Waals surface area contributed by atoms with E-state index in [0.717, 1.165) is 17.3 Å². The summed E-state index contributed by atoms with van der Waals surface area (Å²) in [7, 11) is 0. The summed E-state index contributed by atoms with van der Waals surface area (Å²) >= 11 is 0. The molecule has 1 nitrogen and oxygen atoms in total. The maximum Gasteiger partial charge on any atom is 0.00494 e. The van der Waals surface area contributed by atoms with E-state index in [2.05, 4.69) is 13.8 Å². The van der Waals surface area contributed by atoms with Gasteiger partial charge in [-0.25, -0.2) is 0 Å². The molecule has 2 heteroatoms. The van der Waals surface area contributed by atoms with Crippen molar-refractivity contribution < 1.29 is 0 Å². The molecule has 2 saturated carbocycles. The van der Waals surface area contributed by atoms with Crippen molar-refractivity contribution in [3.63, 3.8) is 0 Å². The molecule has 72 valence electrons. The van der Waals surface area contributed by atoms with Gasteiger partial charge in [-0.1, -0.05) is 13.8 Å². The summed E-state index contributed by atoms with van der Waals surface area (Å²) in [4.78, 5) is 0. The van der Waals surface area contributed by atoms with Crippen LogP contribution in [-0.2, 0) is 0 Å². The lowest BCUT2D eigenvalue weighted by Gasteiger charge is -2.58. The number of rotatable bonds is 1. The van der Waals surface area contributed by atoms with E-state index >= 15 is 0 Å². The van der Waals surface area contributed by atoms with E-state index in [1.807, 2.05) is 0 Å². The SMILES string of the molecule is CC(C)C1CC2(CC(N)C2)C1.Cl. The summed E-state index contributed by atoms with van der Waals surface area (Å²) in [5, 5.41) is 0. The van der Waals surface area contributed by atoms with Crippen LogP contribution >= 0.6 is 12.4 Å². The second-order valence-corrected chi connectivity index (χ2v) is 5.08. The molecule has 2 aliphatic rings. The van der Waals surface area contributed by atoms with Crippen LogP contribution in [0.1, 0.15) is 39.5 Å². The highest BCUT2D eigenvalue weighted by Crippen LogP contribution is 2.59. The quantitative estimate of drug-likeness (QED) is 0.675. The van der Waals surface area contributed by atoms with Gasteiger partial charge in [0.2, 0.25) is 0 Å². The molecule has 0 heterocycles. The van der Waals surface area contributed by atoms with Crippen LogP contribution in [0.5, 0.6) is 0 Å². The van der Waals surface area contributed by atoms with Gasteiger partial charge in [-0.2, -0.15) is 0 Å². The second-order valence-electron chi connectivity index (χ2n) is 5.08. The van der Waals surface area contributed by atoms with Crippen LogP contribution in [0, 0.1) is 17.3 Å². The fourth-order valence-electron chi connectivity index (χ4n) is 2.91. The Morgan fingerprint density at radius 3 is 2.00 bits per heavy atom. The molecule has 0 radical (unpaired) electrons. The molecule has 12 heavy (non-hydrogen) atoms. The maximum atomic E-state index is 5.79. The zero-order chi connectivity index (χ0) is 8.06. The molecule has 0 aromatic heterocycles. The van der Waals surface area contributed by atoms with Crippen molar-refractivity contribution in [2.24, 2.45) is 23.0 Å². The first-order valence-corrected chi connectivity index (χ1v) is 4.87. The monoisotopic (exact) mass is 189 g/mol. The fraction of sp³-hybridized carbons (Fsp3) is 1.00. The van der Waals surface area contributed by atoms with Crippen molar-refractivity contribution >= 4 is 12.4 Å². The Hall–Kier alpha value is 0.250. The molecular weight excluding hydrogens is 170 g/mol. The van der Waals surface area contributed by atoms with Crippen LogP contribution in [0.2, 0.25) is 0 Å². The van der Waals surface area contributed by atoms with Crippen molar-refractivity contribution in [3.05, 3.63) is 0 Å². The lowest BCUT2D eigenvalue weighted by Crippen LogP contribution is -2.54. The second kappa shape index (κ2) is 3.19. The van der Waals surface area contributed by atoms with Gasteiger partial charge in [0, 0.05) is 6.04 Å². The largest absolute Gasteiger partial charge is 0.328 e. The minimum atomic E-state index is 0. The van der Waals surface area contributed by atoms with Gasteiger partial charge in [0.1, 0.15) is 0 Å². The number of nitrogens with two attached hydrogens (primary N) is 1. The summed E-state index contributed by atoms with van der Waals surface area (Å²) in [5.74, 6) is 1.92. The van der Waals surface area contributed by atoms with Gasteiger partial charge in [0.25, 0.3) is 0 Å². The van der Waals surface area contributed by atoms with E-state index in [4.69, 9.17) is 5.73 Å². The molecule has 0 atom stereocenters. The first-order valence-electron chi connectivity index (χ1n) is 4.87. The highest BCUT2D eigenvalue weighted by atomic mass is 35.5. The molecule has 1 spiro atoms. The summed E-state index contributed by atoms with van der Waals surface area (Å²) < 4.78 is 0. The zero-order valence-electron chi connectivity index (χ0n) is 8.05. The smallest absolute Gasteiger partial charge is 0.00494 e. The van der Waals surface area contributed by atoms with Crippen LogP contribution in [0.3, 0.4) is 0 Å². The van der Waals surface area contributed by atoms with Crippen molar-refractivity contribution in [3.8, 4) is 0 Å². The molecule has 0 aromatic carbocycles. The summed E-state index contributed by atoms with van der Waals surface area (Å²) in [6.45, 7) is 4.69. The van der Waals surface area contributed by atoms with Gasteiger partial charge >= 0.3 is 0 Å². The molecule has 2 aliphatic carbocycles. The molecule has 0 aliphatic heterocycles. The molecule has 2 fully saturated rings. The summed E-state index contributed by atoms with van der Waals surface area (Å²) in [6, 6.07) is 0.545. The predicted octanol–water partition coefficient (Wildman–Crippen LogP) is 2.58. The standard InChI is InChI=1S/C10H19N.ClH/c1-7(2)8-3-10(4-8)5-9(11)6-10;/h7-9H,3-6,11H2,1-2H3;1H. The molecular formula is C10H20ClN. The lowest BCUT2D eigenvalue weighted by atomic mass is 9.48. The molecule has 0 unspecified atom stereocenters. The van der Waals surface area contributed by atoms with Crippen LogP contribution < -0.4 is 5.73 Å². The van der Waals surface area contributed by atoms with E-state index in [9.17, 15) is 0 Å². The Labute approximate surface area is 81.5 Å². The van der Waals surface area contributed by atoms with E-state index in [1.165, 1.54) is 25.7 Å². The first kappa shape index (κ1) is 10.3. The van der Waals surface area contributed by atoms with Gasteiger partial charge in [-0.05, 0) is 42.9 Å². The minimum absolute atomic E-state index is 0. The molecule has 0 aromatic rings. The Kier molecular flexibility index (Phi) is 2.75. The summed E-state index contributed by atoms with van der Waals surface area (Å²) in [6.07, 6.45) is 5.57. The van der Waals surface area contributed by atoms with Crippen molar-refractivity contribution in [1.82, 2.24) is 0 Å². The predicted molar refractivity (Wildman–Crippen MR) is 54.5 cm³/mol. The lowest BCUT2D eigenvalue weighted by molar-refractivity contribution is -0.0562. The van der Waals surface area contributed by atoms with E-state index in [0.29, 0.717) is 6.04 Å². The highest BCUT2D eigenvalue weighted by molar-refractivity contribution is 5.85. The van der Waals surface area contributed by atoms with Gasteiger partial charge in [0.05, 0.1) is 0 Å². The minimum Gasteiger partial charge on any atom is -0.328 e. The Morgan fingerprint density at radius 2 is 1.67 bits per heavy atom. The molecule has 0 amide bonds. The van der Waals surface area contributed by atoms with E-state index in [-0.39, 0.29) is 12.4 Å². The van der Waals surface area contributed by atoms with E-state index in [1.54, 1.807) is 0 Å². The van der Waals surface area contributed by atoms with Crippen LogP contribution in [0.4, 0.5) is 0 Å². The topological polar surface area (TPSA) is 26.0 Å². The average Bonchev–Trinajstić information content (AvgIpc) is 1.73. The van der Waals surface area contributed by atoms with Gasteiger partial charge in [-0.15, -0.1) is 12.4 Å². The maximum absolute atomic E-state index is 5.79. The Morgan fingerprint density at radius 1 is 1.17 bits per heavy atom. The third kappa shape index (κ3) is 1.49. The van der Waals surface area contributed by atoms with Crippen molar-refractivity contribution in [2.75, 3.05) is 0 Å². The molecule has 0 saturated heterocycles. The number of hydrogen-bond donors (Lipinski definition) is 1. The van der Waals surface area contributed by atoms with Crippen molar-refractivity contribution in [2.45, 2.75) is 45.6 Å². The molecule has 2 N–H and O–H groups in total.